The monoisotopic (exact) mass is 371 g/mol. The summed E-state index contributed by atoms with van der Waals surface area (Å²) in [6.45, 7) is 0. The van der Waals surface area contributed by atoms with E-state index in [9.17, 15) is 8.42 Å². The molecule has 1 saturated carbocycles. The summed E-state index contributed by atoms with van der Waals surface area (Å²) in [6, 6.07) is 10.6. The first-order valence-electron chi connectivity index (χ1n) is 6.37. The second-order valence-corrected chi connectivity index (χ2v) is 8.51. The topological polar surface area (TPSA) is 46.2 Å². The van der Waals surface area contributed by atoms with E-state index in [0.29, 0.717) is 10.8 Å². The van der Waals surface area contributed by atoms with Crippen molar-refractivity contribution in [3.8, 4) is 0 Å². The van der Waals surface area contributed by atoms with Gasteiger partial charge in [0.05, 0.1) is 10.9 Å². The van der Waals surface area contributed by atoms with Crippen LogP contribution in [0.15, 0.2) is 51.1 Å². The van der Waals surface area contributed by atoms with Gasteiger partial charge in [0.15, 0.2) is 0 Å². The molecule has 20 heavy (non-hydrogen) atoms. The zero-order chi connectivity index (χ0) is 14.2. The first-order chi connectivity index (χ1) is 9.56. The van der Waals surface area contributed by atoms with Gasteiger partial charge >= 0.3 is 0 Å². The predicted molar refractivity (Wildman–Crippen MR) is 84.2 cm³/mol. The Morgan fingerprint density at radius 3 is 2.45 bits per heavy atom. The molecule has 0 spiro atoms. The largest absolute Gasteiger partial charge is 0.241 e. The molecule has 106 valence electrons. The minimum absolute atomic E-state index is 0.0938. The van der Waals surface area contributed by atoms with Gasteiger partial charge in [-0.2, -0.15) is 0 Å². The fourth-order valence-electron chi connectivity index (χ4n) is 2.13. The molecule has 1 unspecified atom stereocenters. The molecule has 2 aromatic rings. The molecule has 1 aliphatic carbocycles. The quantitative estimate of drug-likeness (QED) is 0.864. The van der Waals surface area contributed by atoms with E-state index in [1.807, 2.05) is 17.5 Å². The number of sulfonamides is 1. The first kappa shape index (κ1) is 14.3. The molecule has 0 amide bonds. The number of thiophene rings is 1. The summed E-state index contributed by atoms with van der Waals surface area (Å²) in [5, 5.41) is 1.98. The lowest BCUT2D eigenvalue weighted by molar-refractivity contribution is 0.533. The Morgan fingerprint density at radius 1 is 1.20 bits per heavy atom. The van der Waals surface area contributed by atoms with Gasteiger partial charge in [-0.15, -0.1) is 11.3 Å². The maximum Gasteiger partial charge on any atom is 0.241 e. The van der Waals surface area contributed by atoms with E-state index < -0.39 is 10.0 Å². The number of hydrogen-bond acceptors (Lipinski definition) is 3. The standard InChI is InChI=1S/C14H14BrNO2S2/c15-11-5-7-12(8-6-11)20(17,18)16-14(10-3-4-10)13-2-1-9-19-13/h1-2,5-10,14,16H,3-4H2. The van der Waals surface area contributed by atoms with E-state index in [0.717, 1.165) is 22.2 Å². The van der Waals surface area contributed by atoms with Crippen LogP contribution in [0.2, 0.25) is 0 Å². The Balaban J connectivity index is 1.86. The number of hydrogen-bond donors (Lipinski definition) is 1. The van der Waals surface area contributed by atoms with Crippen LogP contribution in [0.5, 0.6) is 0 Å². The number of benzene rings is 1. The van der Waals surface area contributed by atoms with E-state index in [-0.39, 0.29) is 6.04 Å². The molecular formula is C14H14BrNO2S2. The Morgan fingerprint density at radius 2 is 1.90 bits per heavy atom. The lowest BCUT2D eigenvalue weighted by Gasteiger charge is -2.17. The predicted octanol–water partition coefficient (Wildman–Crippen LogP) is 3.94. The summed E-state index contributed by atoms with van der Waals surface area (Å²) in [7, 11) is -3.47. The first-order valence-corrected chi connectivity index (χ1v) is 9.53. The summed E-state index contributed by atoms with van der Waals surface area (Å²) in [5.41, 5.74) is 0. The third-order valence-electron chi connectivity index (χ3n) is 3.35. The van der Waals surface area contributed by atoms with Gasteiger partial charge in [-0.1, -0.05) is 22.0 Å². The molecule has 1 aromatic carbocycles. The van der Waals surface area contributed by atoms with Crippen LogP contribution >= 0.6 is 27.3 Å². The second-order valence-electron chi connectivity index (χ2n) is 4.91. The van der Waals surface area contributed by atoms with Crippen LogP contribution in [0.25, 0.3) is 0 Å². The van der Waals surface area contributed by atoms with Gasteiger partial charge in [-0.05, 0) is 54.5 Å². The highest BCUT2D eigenvalue weighted by molar-refractivity contribution is 9.10. The van der Waals surface area contributed by atoms with E-state index in [2.05, 4.69) is 20.7 Å². The summed E-state index contributed by atoms with van der Waals surface area (Å²) in [5.74, 6) is 0.430. The lowest BCUT2D eigenvalue weighted by atomic mass is 10.2. The average molecular weight is 372 g/mol. The van der Waals surface area contributed by atoms with Crippen molar-refractivity contribution in [3.63, 3.8) is 0 Å². The Bertz CT molecular complexity index is 676. The molecular weight excluding hydrogens is 358 g/mol. The van der Waals surface area contributed by atoms with Gasteiger partial charge in [-0.3, -0.25) is 0 Å². The summed E-state index contributed by atoms with van der Waals surface area (Å²) < 4.78 is 28.6. The maximum absolute atomic E-state index is 12.5. The summed E-state index contributed by atoms with van der Waals surface area (Å²) in [4.78, 5) is 1.40. The number of nitrogens with one attached hydrogen (secondary N) is 1. The molecule has 3 rings (SSSR count). The fraction of sp³-hybridized carbons (Fsp3) is 0.286. The Labute approximate surface area is 131 Å². The molecule has 1 aliphatic rings. The zero-order valence-corrected chi connectivity index (χ0v) is 13.8. The molecule has 1 N–H and O–H groups in total. The van der Waals surface area contributed by atoms with E-state index in [1.54, 1.807) is 35.6 Å². The molecule has 0 saturated heterocycles. The Hall–Kier alpha value is -0.690. The molecule has 1 aromatic heterocycles. The second kappa shape index (κ2) is 5.60. The van der Waals surface area contributed by atoms with Crippen molar-refractivity contribution in [2.75, 3.05) is 0 Å². The summed E-state index contributed by atoms with van der Waals surface area (Å²) in [6.07, 6.45) is 2.18. The highest BCUT2D eigenvalue weighted by atomic mass is 79.9. The van der Waals surface area contributed by atoms with Crippen LogP contribution in [-0.4, -0.2) is 8.42 Å². The van der Waals surface area contributed by atoms with Crippen LogP contribution in [0.3, 0.4) is 0 Å². The lowest BCUT2D eigenvalue weighted by Crippen LogP contribution is -2.29. The van der Waals surface area contributed by atoms with Crippen LogP contribution in [0, 0.1) is 5.92 Å². The smallest absolute Gasteiger partial charge is 0.207 e. The van der Waals surface area contributed by atoms with Gasteiger partial charge < -0.3 is 0 Å². The molecule has 1 heterocycles. The maximum atomic E-state index is 12.5. The molecule has 0 bridgehead atoms. The SMILES string of the molecule is O=S(=O)(NC(c1cccs1)C1CC1)c1ccc(Br)cc1. The van der Waals surface area contributed by atoms with Crippen molar-refractivity contribution in [2.45, 2.75) is 23.8 Å². The van der Waals surface area contributed by atoms with Gasteiger partial charge in [-0.25, -0.2) is 13.1 Å². The van der Waals surface area contributed by atoms with E-state index in [1.165, 1.54) is 0 Å². The average Bonchev–Trinajstić information content (AvgIpc) is 3.11. The number of halogens is 1. The van der Waals surface area contributed by atoms with Crippen LogP contribution in [-0.2, 0) is 10.0 Å². The zero-order valence-electron chi connectivity index (χ0n) is 10.6. The van der Waals surface area contributed by atoms with Crippen molar-refractivity contribution in [1.82, 2.24) is 4.72 Å². The van der Waals surface area contributed by atoms with Crippen molar-refractivity contribution in [2.24, 2.45) is 5.92 Å². The normalized spacial score (nSPS) is 17.1. The van der Waals surface area contributed by atoms with Crippen LogP contribution in [0.4, 0.5) is 0 Å². The highest BCUT2D eigenvalue weighted by Gasteiger charge is 2.35. The molecule has 0 radical (unpaired) electrons. The van der Waals surface area contributed by atoms with Gasteiger partial charge in [0.25, 0.3) is 0 Å². The van der Waals surface area contributed by atoms with Crippen LogP contribution in [0.1, 0.15) is 23.8 Å². The van der Waals surface area contributed by atoms with Crippen molar-refractivity contribution in [1.29, 1.82) is 0 Å². The molecule has 6 heteroatoms. The molecule has 3 nitrogen and oxygen atoms in total. The Kier molecular flexibility index (Phi) is 3.99. The molecule has 0 aliphatic heterocycles. The minimum atomic E-state index is -3.47. The van der Waals surface area contributed by atoms with Crippen molar-refractivity contribution >= 4 is 37.3 Å². The van der Waals surface area contributed by atoms with Crippen LogP contribution < -0.4 is 4.72 Å². The van der Waals surface area contributed by atoms with Gasteiger partial charge in [0, 0.05) is 9.35 Å². The minimum Gasteiger partial charge on any atom is -0.207 e. The van der Waals surface area contributed by atoms with Crippen molar-refractivity contribution in [3.05, 3.63) is 51.1 Å². The third-order valence-corrected chi connectivity index (χ3v) is 6.29. The van der Waals surface area contributed by atoms with Crippen molar-refractivity contribution < 1.29 is 8.42 Å². The van der Waals surface area contributed by atoms with Gasteiger partial charge in [0.2, 0.25) is 10.0 Å². The van der Waals surface area contributed by atoms with E-state index in [4.69, 9.17) is 0 Å². The summed E-state index contributed by atoms with van der Waals surface area (Å²) >= 11 is 4.92. The number of rotatable bonds is 5. The molecule has 1 fully saturated rings. The third kappa shape index (κ3) is 3.14. The van der Waals surface area contributed by atoms with E-state index >= 15 is 0 Å². The van der Waals surface area contributed by atoms with Gasteiger partial charge in [0.1, 0.15) is 0 Å². The molecule has 1 atom stereocenters. The highest BCUT2D eigenvalue weighted by Crippen LogP contribution is 2.43. The fourth-order valence-corrected chi connectivity index (χ4v) is 4.63.